The lowest BCUT2D eigenvalue weighted by Crippen LogP contribution is -2.22. The van der Waals surface area contributed by atoms with Gasteiger partial charge in [-0.15, -0.1) is 0 Å². The zero-order valence-corrected chi connectivity index (χ0v) is 15.0. The lowest BCUT2D eigenvalue weighted by Gasteiger charge is -2.16. The van der Waals surface area contributed by atoms with E-state index < -0.39 is 8.07 Å². The molecule has 0 aliphatic carbocycles. The number of methoxy groups -OCH3 is 1. The van der Waals surface area contributed by atoms with E-state index in [1.54, 1.807) is 7.11 Å². The van der Waals surface area contributed by atoms with Crippen LogP contribution < -0.4 is 14.8 Å². The maximum absolute atomic E-state index is 5.65. The molecule has 4 nitrogen and oxygen atoms in total. The molecule has 0 bridgehead atoms. The van der Waals surface area contributed by atoms with E-state index in [0.717, 1.165) is 37.1 Å². The Morgan fingerprint density at radius 2 is 1.90 bits per heavy atom. The molecule has 0 heterocycles. The van der Waals surface area contributed by atoms with Gasteiger partial charge in [0.1, 0.15) is 0 Å². The molecule has 0 amide bonds. The van der Waals surface area contributed by atoms with Gasteiger partial charge in [0.15, 0.2) is 18.3 Å². The summed E-state index contributed by atoms with van der Waals surface area (Å²) < 4.78 is 16.6. The molecule has 0 saturated carbocycles. The Bertz CT molecular complexity index is 418. The molecule has 0 aliphatic heterocycles. The molecule has 0 aliphatic rings. The van der Waals surface area contributed by atoms with Gasteiger partial charge in [-0.05, 0) is 43.8 Å². The second-order valence-corrected chi connectivity index (χ2v) is 11.9. The number of nitrogens with one attached hydrogen (secondary N) is 1. The average molecular weight is 311 g/mol. The van der Waals surface area contributed by atoms with E-state index in [2.05, 4.69) is 31.0 Å². The Hall–Kier alpha value is -1.04. The van der Waals surface area contributed by atoms with E-state index in [-0.39, 0.29) is 6.79 Å². The van der Waals surface area contributed by atoms with Crippen LogP contribution in [-0.4, -0.2) is 42.2 Å². The average Bonchev–Trinajstić information content (AvgIpc) is 2.44. The van der Waals surface area contributed by atoms with Crippen LogP contribution in [0, 0.1) is 0 Å². The van der Waals surface area contributed by atoms with Crippen LogP contribution in [-0.2, 0) is 11.2 Å². The van der Waals surface area contributed by atoms with Gasteiger partial charge in [-0.3, -0.25) is 0 Å². The smallest absolute Gasteiger partial charge is 0.189 e. The standard InChI is InChI=1S/C16H29NO3Si/c1-17-9-8-14-6-7-15(16(12-14)18-2)20-13-19-10-11-21(3,4)5/h6-7,12,17H,8-11,13H2,1-5H3. The fourth-order valence-electron chi connectivity index (χ4n) is 1.80. The van der Waals surface area contributed by atoms with Gasteiger partial charge in [0.25, 0.3) is 0 Å². The molecule has 0 spiro atoms. The van der Waals surface area contributed by atoms with Gasteiger partial charge >= 0.3 is 0 Å². The van der Waals surface area contributed by atoms with Crippen molar-refractivity contribution in [3.05, 3.63) is 23.8 Å². The summed E-state index contributed by atoms with van der Waals surface area (Å²) in [5, 5.41) is 3.14. The largest absolute Gasteiger partial charge is 0.493 e. The zero-order valence-electron chi connectivity index (χ0n) is 14.0. The molecule has 0 unspecified atom stereocenters. The summed E-state index contributed by atoms with van der Waals surface area (Å²) >= 11 is 0. The Morgan fingerprint density at radius 3 is 2.52 bits per heavy atom. The summed E-state index contributed by atoms with van der Waals surface area (Å²) in [7, 11) is 2.58. The molecule has 0 aromatic heterocycles. The number of benzene rings is 1. The van der Waals surface area contributed by atoms with E-state index in [0.29, 0.717) is 0 Å². The van der Waals surface area contributed by atoms with Crippen LogP contribution in [0.15, 0.2) is 18.2 Å². The lowest BCUT2D eigenvalue weighted by molar-refractivity contribution is 0.0205. The Labute approximate surface area is 129 Å². The van der Waals surface area contributed by atoms with Crippen molar-refractivity contribution in [1.29, 1.82) is 0 Å². The highest BCUT2D eigenvalue weighted by atomic mass is 28.3. The maximum atomic E-state index is 5.65. The second-order valence-electron chi connectivity index (χ2n) is 6.32. The van der Waals surface area contributed by atoms with Crippen molar-refractivity contribution in [1.82, 2.24) is 5.32 Å². The zero-order chi connectivity index (χ0) is 15.7. The topological polar surface area (TPSA) is 39.7 Å². The molecule has 1 N–H and O–H groups in total. The third kappa shape index (κ3) is 7.50. The summed E-state index contributed by atoms with van der Waals surface area (Å²) in [6, 6.07) is 7.19. The van der Waals surface area contributed by atoms with Crippen LogP contribution in [0.25, 0.3) is 0 Å². The minimum Gasteiger partial charge on any atom is -0.493 e. The predicted octanol–water partition coefficient (Wildman–Crippen LogP) is 3.15. The molecule has 0 radical (unpaired) electrons. The van der Waals surface area contributed by atoms with Crippen molar-refractivity contribution in [2.45, 2.75) is 32.1 Å². The van der Waals surface area contributed by atoms with E-state index in [4.69, 9.17) is 14.2 Å². The Balaban J connectivity index is 2.43. The molecule has 0 fully saturated rings. The van der Waals surface area contributed by atoms with E-state index in [1.807, 2.05) is 19.2 Å². The summed E-state index contributed by atoms with van der Waals surface area (Å²) in [6.45, 7) is 9.00. The molecule has 1 aromatic carbocycles. The molecule has 1 aromatic rings. The van der Waals surface area contributed by atoms with Crippen LogP contribution in [0.1, 0.15) is 5.56 Å². The van der Waals surface area contributed by atoms with Gasteiger partial charge in [0, 0.05) is 14.7 Å². The quantitative estimate of drug-likeness (QED) is 0.409. The van der Waals surface area contributed by atoms with Crippen LogP contribution in [0.2, 0.25) is 25.7 Å². The Kier molecular flexibility index (Phi) is 7.78. The first-order valence-corrected chi connectivity index (χ1v) is 11.2. The van der Waals surface area contributed by atoms with Gasteiger partial charge in [0.2, 0.25) is 0 Å². The first kappa shape index (κ1) is 18.0. The van der Waals surface area contributed by atoms with Crippen molar-refractivity contribution in [2.24, 2.45) is 0 Å². The maximum Gasteiger partial charge on any atom is 0.189 e. The molecule has 21 heavy (non-hydrogen) atoms. The second kappa shape index (κ2) is 9.07. The number of likely N-dealkylation sites (N-methyl/N-ethyl adjacent to an activating group) is 1. The molecule has 5 heteroatoms. The number of hydrogen-bond donors (Lipinski definition) is 1. The number of rotatable bonds is 10. The summed E-state index contributed by atoms with van der Waals surface area (Å²) in [4.78, 5) is 0. The first-order chi connectivity index (χ1) is 9.96. The normalized spacial score (nSPS) is 11.5. The summed E-state index contributed by atoms with van der Waals surface area (Å²) in [5.41, 5.74) is 1.23. The van der Waals surface area contributed by atoms with Gasteiger partial charge in [-0.2, -0.15) is 0 Å². The predicted molar refractivity (Wildman–Crippen MR) is 90.2 cm³/mol. The van der Waals surface area contributed by atoms with Gasteiger partial charge < -0.3 is 19.5 Å². The molecule has 0 saturated heterocycles. The number of hydrogen-bond acceptors (Lipinski definition) is 4. The molecule has 1 rings (SSSR count). The van der Waals surface area contributed by atoms with Gasteiger partial charge in [0.05, 0.1) is 7.11 Å². The number of ether oxygens (including phenoxy) is 3. The minimum absolute atomic E-state index is 0.275. The van der Waals surface area contributed by atoms with E-state index in [9.17, 15) is 0 Å². The summed E-state index contributed by atoms with van der Waals surface area (Å²) in [5.74, 6) is 1.50. The van der Waals surface area contributed by atoms with Crippen molar-refractivity contribution >= 4 is 8.07 Å². The van der Waals surface area contributed by atoms with Crippen LogP contribution in [0.4, 0.5) is 0 Å². The van der Waals surface area contributed by atoms with Crippen molar-refractivity contribution in [2.75, 3.05) is 34.1 Å². The van der Waals surface area contributed by atoms with E-state index in [1.165, 1.54) is 5.56 Å². The highest BCUT2D eigenvalue weighted by molar-refractivity contribution is 6.76. The summed E-state index contributed by atoms with van der Waals surface area (Å²) in [6.07, 6.45) is 0.972. The first-order valence-electron chi connectivity index (χ1n) is 7.48. The highest BCUT2D eigenvalue weighted by Crippen LogP contribution is 2.28. The highest BCUT2D eigenvalue weighted by Gasteiger charge is 2.12. The third-order valence-electron chi connectivity index (χ3n) is 3.19. The monoisotopic (exact) mass is 311 g/mol. The molecule has 120 valence electrons. The SMILES string of the molecule is CNCCc1ccc(OCOCC[Si](C)(C)C)c(OC)c1. The van der Waals surface area contributed by atoms with Crippen LogP contribution in [0.5, 0.6) is 11.5 Å². The van der Waals surface area contributed by atoms with Crippen molar-refractivity contribution in [3.8, 4) is 11.5 Å². The molecular formula is C16H29NO3Si. The molecule has 0 atom stereocenters. The fourth-order valence-corrected chi connectivity index (χ4v) is 2.56. The van der Waals surface area contributed by atoms with Gasteiger partial charge in [-0.1, -0.05) is 25.7 Å². The van der Waals surface area contributed by atoms with Crippen LogP contribution in [0.3, 0.4) is 0 Å². The van der Waals surface area contributed by atoms with Crippen LogP contribution >= 0.6 is 0 Å². The van der Waals surface area contributed by atoms with E-state index >= 15 is 0 Å². The van der Waals surface area contributed by atoms with Gasteiger partial charge in [-0.25, -0.2) is 0 Å². The molecular weight excluding hydrogens is 282 g/mol. The lowest BCUT2D eigenvalue weighted by atomic mass is 10.1. The van der Waals surface area contributed by atoms with Crippen molar-refractivity contribution in [3.63, 3.8) is 0 Å². The fraction of sp³-hybridized carbons (Fsp3) is 0.625. The third-order valence-corrected chi connectivity index (χ3v) is 4.89. The van der Waals surface area contributed by atoms with Crippen molar-refractivity contribution < 1.29 is 14.2 Å². The minimum atomic E-state index is -1.04. The Morgan fingerprint density at radius 1 is 1.14 bits per heavy atom.